The van der Waals surface area contributed by atoms with Gasteiger partial charge < -0.3 is 21.7 Å². The number of halogens is 1. The molecule has 4 aromatic rings. The van der Waals surface area contributed by atoms with Crippen LogP contribution in [0, 0.1) is 5.82 Å². The molecule has 0 spiro atoms. The van der Waals surface area contributed by atoms with E-state index < -0.39 is 11.7 Å². The van der Waals surface area contributed by atoms with Crippen molar-refractivity contribution >= 4 is 34.6 Å². The largest absolute Gasteiger partial charge is 0.366 e. The van der Waals surface area contributed by atoms with E-state index in [0.29, 0.717) is 23.0 Å². The number of hydrogen-bond donors (Lipinski definition) is 4. The highest BCUT2D eigenvalue weighted by Crippen LogP contribution is 2.26. The first kappa shape index (κ1) is 21.8. The molecule has 1 saturated carbocycles. The average molecular weight is 465 g/mol. The van der Waals surface area contributed by atoms with Crippen molar-refractivity contribution in [3.63, 3.8) is 0 Å². The summed E-state index contributed by atoms with van der Waals surface area (Å²) in [4.78, 5) is 21.1. The van der Waals surface area contributed by atoms with E-state index in [0.717, 1.165) is 31.9 Å². The van der Waals surface area contributed by atoms with E-state index in [1.54, 1.807) is 4.68 Å². The van der Waals surface area contributed by atoms with Crippen molar-refractivity contribution in [1.29, 1.82) is 0 Å². The van der Waals surface area contributed by atoms with E-state index >= 15 is 0 Å². The quantitative estimate of drug-likeness (QED) is 0.341. The second-order valence-corrected chi connectivity index (χ2v) is 8.39. The highest BCUT2D eigenvalue weighted by atomic mass is 19.1. The topological polar surface area (TPSA) is 140 Å². The molecule has 11 nitrogen and oxygen atoms in total. The number of aromatic nitrogens is 6. The number of pyridine rings is 1. The molecular weight excluding hydrogens is 439 g/mol. The van der Waals surface area contributed by atoms with Crippen molar-refractivity contribution in [3.05, 3.63) is 54.5 Å². The summed E-state index contributed by atoms with van der Waals surface area (Å²) in [5.41, 5.74) is 7.28. The van der Waals surface area contributed by atoms with Crippen LogP contribution in [-0.4, -0.2) is 47.4 Å². The maximum absolute atomic E-state index is 14.0. The van der Waals surface area contributed by atoms with Crippen LogP contribution in [0.1, 0.15) is 36.2 Å². The molecule has 34 heavy (non-hydrogen) atoms. The van der Waals surface area contributed by atoms with Crippen molar-refractivity contribution in [1.82, 2.24) is 29.4 Å². The van der Waals surface area contributed by atoms with Crippen molar-refractivity contribution in [3.8, 4) is 0 Å². The van der Waals surface area contributed by atoms with Crippen LogP contribution in [0.25, 0.3) is 5.65 Å². The number of carbonyl (C=O) groups is 1. The van der Waals surface area contributed by atoms with Gasteiger partial charge in [-0.1, -0.05) is 0 Å². The van der Waals surface area contributed by atoms with Gasteiger partial charge in [0, 0.05) is 43.7 Å². The predicted molar refractivity (Wildman–Crippen MR) is 125 cm³/mol. The lowest BCUT2D eigenvalue weighted by molar-refractivity contribution is 0.102. The predicted octanol–water partition coefficient (Wildman–Crippen LogP) is 2.67. The molecule has 1 aliphatic rings. The van der Waals surface area contributed by atoms with Crippen LogP contribution in [0.15, 0.2) is 43.0 Å². The highest BCUT2D eigenvalue weighted by molar-refractivity contribution is 6.03. The number of hydrogen-bond acceptors (Lipinski definition) is 8. The minimum atomic E-state index is -0.631. The van der Waals surface area contributed by atoms with E-state index in [1.165, 1.54) is 23.0 Å². The summed E-state index contributed by atoms with van der Waals surface area (Å²) < 4.78 is 17.1. The fourth-order valence-corrected chi connectivity index (χ4v) is 4.04. The van der Waals surface area contributed by atoms with Crippen LogP contribution >= 0.6 is 0 Å². The van der Waals surface area contributed by atoms with Gasteiger partial charge in [0.15, 0.2) is 23.0 Å². The summed E-state index contributed by atoms with van der Waals surface area (Å²) in [6, 6.07) is 5.51. The van der Waals surface area contributed by atoms with E-state index in [-0.39, 0.29) is 23.5 Å². The van der Waals surface area contributed by atoms with Crippen molar-refractivity contribution < 1.29 is 9.18 Å². The Hall–Kier alpha value is -4.06. The number of fused-ring (bicyclic) bond motifs is 1. The summed E-state index contributed by atoms with van der Waals surface area (Å²) >= 11 is 0. The molecule has 176 valence electrons. The Labute approximate surface area is 194 Å². The zero-order chi connectivity index (χ0) is 23.7. The normalized spacial score (nSPS) is 18.1. The first-order valence-electron chi connectivity index (χ1n) is 11.0. The molecule has 4 aromatic heterocycles. The molecule has 0 aliphatic heterocycles. The lowest BCUT2D eigenvalue weighted by atomic mass is 9.92. The number of imidazole rings is 1. The molecule has 0 aromatic carbocycles. The van der Waals surface area contributed by atoms with Crippen LogP contribution in [0.4, 0.5) is 27.4 Å². The number of nitrogens with two attached hydrogens (primary N) is 1. The zero-order valence-electron chi connectivity index (χ0n) is 18.6. The molecule has 0 radical (unpaired) electrons. The van der Waals surface area contributed by atoms with E-state index in [4.69, 9.17) is 5.73 Å². The van der Waals surface area contributed by atoms with Crippen molar-refractivity contribution in [2.45, 2.75) is 37.8 Å². The van der Waals surface area contributed by atoms with Gasteiger partial charge in [0.1, 0.15) is 5.82 Å². The van der Waals surface area contributed by atoms with Gasteiger partial charge in [-0.2, -0.15) is 5.10 Å². The lowest BCUT2D eigenvalue weighted by Gasteiger charge is -2.27. The molecule has 1 amide bonds. The Morgan fingerprint density at radius 3 is 2.68 bits per heavy atom. The maximum Gasteiger partial charge on any atom is 0.276 e. The SMILES string of the molecule is Cn1ccc(Nc2cc(N[C@H]3CC[C@H](N)CC3)nn3c(C(=O)Nc4ccncc4F)cnc23)n1. The van der Waals surface area contributed by atoms with Gasteiger partial charge in [-0.15, -0.1) is 5.10 Å². The third-order valence-electron chi connectivity index (χ3n) is 5.82. The fraction of sp³-hybridized carbons (Fsp3) is 0.318. The zero-order valence-corrected chi connectivity index (χ0v) is 18.6. The first-order valence-corrected chi connectivity index (χ1v) is 11.0. The summed E-state index contributed by atoms with van der Waals surface area (Å²) in [6.45, 7) is 0. The molecule has 1 fully saturated rings. The van der Waals surface area contributed by atoms with Crippen molar-refractivity contribution in [2.75, 3.05) is 16.0 Å². The summed E-state index contributed by atoms with van der Waals surface area (Å²) in [7, 11) is 1.82. The number of nitrogens with one attached hydrogen (secondary N) is 3. The Morgan fingerprint density at radius 1 is 1.12 bits per heavy atom. The average Bonchev–Trinajstić information content (AvgIpc) is 3.43. The molecule has 0 bridgehead atoms. The van der Waals surface area contributed by atoms with E-state index in [1.807, 2.05) is 25.4 Å². The van der Waals surface area contributed by atoms with Gasteiger partial charge in [-0.3, -0.25) is 14.5 Å². The van der Waals surface area contributed by atoms with E-state index in [9.17, 15) is 9.18 Å². The van der Waals surface area contributed by atoms with E-state index in [2.05, 4.69) is 36.1 Å². The lowest BCUT2D eigenvalue weighted by Crippen LogP contribution is -2.33. The van der Waals surface area contributed by atoms with Gasteiger partial charge in [0.2, 0.25) is 0 Å². The molecular formula is C22H25FN10O. The minimum absolute atomic E-state index is 0.0228. The van der Waals surface area contributed by atoms with Gasteiger partial charge in [-0.05, 0) is 31.7 Å². The molecule has 12 heteroatoms. The van der Waals surface area contributed by atoms with Crippen LogP contribution in [0.3, 0.4) is 0 Å². The fourth-order valence-electron chi connectivity index (χ4n) is 4.04. The van der Waals surface area contributed by atoms with Crippen LogP contribution in [-0.2, 0) is 7.05 Å². The Bertz CT molecular complexity index is 1320. The third kappa shape index (κ3) is 4.53. The van der Waals surface area contributed by atoms with Gasteiger partial charge in [0.05, 0.1) is 23.8 Å². The van der Waals surface area contributed by atoms with Crippen LogP contribution in [0.5, 0.6) is 0 Å². The highest BCUT2D eigenvalue weighted by Gasteiger charge is 2.22. The Morgan fingerprint density at radius 2 is 1.94 bits per heavy atom. The van der Waals surface area contributed by atoms with Crippen molar-refractivity contribution in [2.24, 2.45) is 12.8 Å². The molecule has 4 heterocycles. The second kappa shape index (κ2) is 9.06. The molecule has 0 unspecified atom stereocenters. The second-order valence-electron chi connectivity index (χ2n) is 8.39. The van der Waals surface area contributed by atoms with Gasteiger partial charge in [0.25, 0.3) is 5.91 Å². The molecule has 0 saturated heterocycles. The minimum Gasteiger partial charge on any atom is -0.366 e. The monoisotopic (exact) mass is 464 g/mol. The Balaban J connectivity index is 1.50. The van der Waals surface area contributed by atoms with Gasteiger partial charge >= 0.3 is 0 Å². The molecule has 1 aliphatic carbocycles. The van der Waals surface area contributed by atoms with Crippen LogP contribution < -0.4 is 21.7 Å². The first-order chi connectivity index (χ1) is 16.5. The summed E-state index contributed by atoms with van der Waals surface area (Å²) in [5, 5.41) is 18.2. The smallest absolute Gasteiger partial charge is 0.276 e. The Kier molecular flexibility index (Phi) is 5.80. The molecule has 0 atom stereocenters. The van der Waals surface area contributed by atoms with Gasteiger partial charge in [-0.25, -0.2) is 13.9 Å². The number of aryl methyl sites for hydroxylation is 1. The standard InChI is InChI=1S/C22H25FN10O/c1-32-9-7-19(30-32)28-17-10-20(27-14-4-2-13(24)3-5-14)31-33-18(12-26-21(17)33)22(34)29-16-6-8-25-11-15(16)23/h6-14H,2-5,24H2,1H3,(H,27,31)(H,28,30)(H,25,29,34)/t13-,14-. The maximum atomic E-state index is 14.0. The summed E-state index contributed by atoms with van der Waals surface area (Å²) in [6.07, 6.45) is 9.41. The number of carbonyl (C=O) groups excluding carboxylic acids is 1. The third-order valence-corrected chi connectivity index (χ3v) is 5.82. The number of amides is 1. The summed E-state index contributed by atoms with van der Waals surface area (Å²) in [5.74, 6) is 0.0225. The number of nitrogens with zero attached hydrogens (tertiary/aromatic N) is 6. The number of rotatable bonds is 6. The number of anilines is 4. The molecule has 5 rings (SSSR count). The molecule has 5 N–H and O–H groups in total. The van der Waals surface area contributed by atoms with Crippen LogP contribution in [0.2, 0.25) is 0 Å².